The summed E-state index contributed by atoms with van der Waals surface area (Å²) in [6.45, 7) is 8.72. The highest BCUT2D eigenvalue weighted by atomic mass is 79.9. The van der Waals surface area contributed by atoms with Gasteiger partial charge in [-0.2, -0.15) is 0 Å². The van der Waals surface area contributed by atoms with E-state index >= 15 is 0 Å². The van der Waals surface area contributed by atoms with E-state index in [0.717, 1.165) is 24.5 Å². The molecule has 0 aromatic heterocycles. The third-order valence-electron chi connectivity index (χ3n) is 3.63. The predicted molar refractivity (Wildman–Crippen MR) is 69.5 cm³/mol. The molecule has 1 fully saturated rings. The van der Waals surface area contributed by atoms with Crippen molar-refractivity contribution in [3.63, 3.8) is 0 Å². The normalized spacial score (nSPS) is 20.0. The highest BCUT2D eigenvalue weighted by Gasteiger charge is 2.24. The van der Waals surface area contributed by atoms with E-state index in [9.17, 15) is 0 Å². The van der Waals surface area contributed by atoms with E-state index in [-0.39, 0.29) is 0 Å². The Balaban J connectivity index is 2.06. The van der Waals surface area contributed by atoms with Gasteiger partial charge < -0.3 is 4.74 Å². The summed E-state index contributed by atoms with van der Waals surface area (Å²) in [5.41, 5.74) is 0.347. The Labute approximate surface area is 103 Å². The van der Waals surface area contributed by atoms with Gasteiger partial charge in [-0.25, -0.2) is 0 Å². The number of ether oxygens (including phenoxy) is 1. The van der Waals surface area contributed by atoms with Gasteiger partial charge >= 0.3 is 0 Å². The van der Waals surface area contributed by atoms with Crippen molar-refractivity contribution >= 4 is 15.9 Å². The molecule has 15 heavy (non-hydrogen) atoms. The van der Waals surface area contributed by atoms with Crippen molar-refractivity contribution in [1.29, 1.82) is 0 Å². The van der Waals surface area contributed by atoms with E-state index in [4.69, 9.17) is 4.74 Å². The average molecular weight is 277 g/mol. The Morgan fingerprint density at radius 1 is 1.33 bits per heavy atom. The quantitative estimate of drug-likeness (QED) is 0.521. The number of alkyl halides is 1. The van der Waals surface area contributed by atoms with Gasteiger partial charge in [0.2, 0.25) is 0 Å². The Morgan fingerprint density at radius 3 is 2.40 bits per heavy atom. The number of hydrogen-bond donors (Lipinski definition) is 0. The molecule has 0 aliphatic heterocycles. The fraction of sp³-hybridized carbons (Fsp3) is 1.00. The van der Waals surface area contributed by atoms with Crippen molar-refractivity contribution in [3.8, 4) is 0 Å². The number of hydrogen-bond acceptors (Lipinski definition) is 1. The van der Waals surface area contributed by atoms with Crippen LogP contribution in [0, 0.1) is 17.3 Å². The molecule has 2 heteroatoms. The molecule has 90 valence electrons. The molecule has 1 atom stereocenters. The van der Waals surface area contributed by atoms with Crippen molar-refractivity contribution in [2.24, 2.45) is 17.3 Å². The zero-order valence-corrected chi connectivity index (χ0v) is 12.0. The van der Waals surface area contributed by atoms with Crippen LogP contribution < -0.4 is 0 Å². The first-order valence-corrected chi connectivity index (χ1v) is 7.30. The summed E-state index contributed by atoms with van der Waals surface area (Å²) in [4.78, 5) is 0. The highest BCUT2D eigenvalue weighted by Crippen LogP contribution is 2.30. The van der Waals surface area contributed by atoms with Gasteiger partial charge in [-0.3, -0.25) is 0 Å². The minimum absolute atomic E-state index is 0.347. The standard InChI is InChI=1S/C13H25BrO/c1-13(2,3)12(9-14)10-15-8-7-11-5-4-6-11/h11-12H,4-10H2,1-3H3. The van der Waals surface area contributed by atoms with Gasteiger partial charge in [0.1, 0.15) is 0 Å². The molecule has 1 nitrogen and oxygen atoms in total. The first-order chi connectivity index (χ1) is 7.04. The van der Waals surface area contributed by atoms with Crippen LogP contribution in [0.4, 0.5) is 0 Å². The van der Waals surface area contributed by atoms with Gasteiger partial charge in [0.25, 0.3) is 0 Å². The molecule has 0 amide bonds. The summed E-state index contributed by atoms with van der Waals surface area (Å²) >= 11 is 3.58. The molecule has 1 unspecified atom stereocenters. The topological polar surface area (TPSA) is 9.23 Å². The third kappa shape index (κ3) is 4.86. The lowest BCUT2D eigenvalue weighted by atomic mass is 9.82. The van der Waals surface area contributed by atoms with Crippen LogP contribution >= 0.6 is 15.9 Å². The van der Waals surface area contributed by atoms with Crippen molar-refractivity contribution in [1.82, 2.24) is 0 Å². The molecule has 1 rings (SSSR count). The molecule has 1 aliphatic carbocycles. The minimum atomic E-state index is 0.347. The molecule has 0 saturated heterocycles. The van der Waals surface area contributed by atoms with Crippen LogP contribution in [0.25, 0.3) is 0 Å². The molecule has 0 aromatic carbocycles. The molecule has 1 aliphatic rings. The summed E-state index contributed by atoms with van der Waals surface area (Å²) in [6, 6.07) is 0. The maximum Gasteiger partial charge on any atom is 0.0507 e. The van der Waals surface area contributed by atoms with Crippen molar-refractivity contribution < 1.29 is 4.74 Å². The zero-order chi connectivity index (χ0) is 11.3. The Hall–Kier alpha value is 0.440. The second kappa shape index (κ2) is 6.24. The largest absolute Gasteiger partial charge is 0.381 e. The van der Waals surface area contributed by atoms with Crippen molar-refractivity contribution in [2.75, 3.05) is 18.5 Å². The Bertz CT molecular complexity index is 170. The maximum absolute atomic E-state index is 5.79. The van der Waals surface area contributed by atoms with Gasteiger partial charge in [-0.1, -0.05) is 56.0 Å². The van der Waals surface area contributed by atoms with Gasteiger partial charge in [0.15, 0.2) is 0 Å². The van der Waals surface area contributed by atoms with Crippen LogP contribution in [-0.2, 0) is 4.74 Å². The van der Waals surface area contributed by atoms with E-state index in [1.165, 1.54) is 25.7 Å². The smallest absolute Gasteiger partial charge is 0.0507 e. The predicted octanol–water partition coefficient (Wildman–Crippen LogP) is 4.25. The van der Waals surface area contributed by atoms with Gasteiger partial charge in [0, 0.05) is 11.9 Å². The summed E-state index contributed by atoms with van der Waals surface area (Å²) in [5, 5.41) is 1.04. The van der Waals surface area contributed by atoms with E-state index in [1.54, 1.807) is 0 Å². The van der Waals surface area contributed by atoms with E-state index in [1.807, 2.05) is 0 Å². The van der Waals surface area contributed by atoms with Gasteiger partial charge in [-0.05, 0) is 23.7 Å². The van der Waals surface area contributed by atoms with Crippen molar-refractivity contribution in [3.05, 3.63) is 0 Å². The van der Waals surface area contributed by atoms with Crippen LogP contribution in [-0.4, -0.2) is 18.5 Å². The first kappa shape index (κ1) is 13.5. The fourth-order valence-electron chi connectivity index (χ4n) is 1.78. The van der Waals surface area contributed by atoms with Gasteiger partial charge in [0.05, 0.1) is 6.61 Å². The molecule has 0 bridgehead atoms. The lowest BCUT2D eigenvalue weighted by molar-refractivity contribution is 0.0529. The zero-order valence-electron chi connectivity index (χ0n) is 10.4. The van der Waals surface area contributed by atoms with Gasteiger partial charge in [-0.15, -0.1) is 0 Å². The van der Waals surface area contributed by atoms with Crippen LogP contribution in [0.1, 0.15) is 46.5 Å². The molecule has 0 N–H and O–H groups in total. The third-order valence-corrected chi connectivity index (χ3v) is 4.41. The molecule has 0 radical (unpaired) electrons. The summed E-state index contributed by atoms with van der Waals surface area (Å²) < 4.78 is 5.79. The fourth-order valence-corrected chi connectivity index (χ4v) is 2.94. The van der Waals surface area contributed by atoms with Crippen LogP contribution in [0.2, 0.25) is 0 Å². The SMILES string of the molecule is CC(C)(C)C(CBr)COCCC1CCC1. The number of halogens is 1. The summed E-state index contributed by atoms with van der Waals surface area (Å²) in [7, 11) is 0. The van der Waals surface area contributed by atoms with Crippen LogP contribution in [0.15, 0.2) is 0 Å². The molecule has 0 aromatic rings. The van der Waals surface area contributed by atoms with E-state index in [2.05, 4.69) is 36.7 Å². The minimum Gasteiger partial charge on any atom is -0.381 e. The molecular weight excluding hydrogens is 252 g/mol. The second-order valence-corrected chi connectivity index (χ2v) is 6.53. The first-order valence-electron chi connectivity index (χ1n) is 6.17. The average Bonchev–Trinajstić information content (AvgIpc) is 2.05. The van der Waals surface area contributed by atoms with Crippen molar-refractivity contribution in [2.45, 2.75) is 46.5 Å². The highest BCUT2D eigenvalue weighted by molar-refractivity contribution is 9.09. The van der Waals surface area contributed by atoms with Crippen LogP contribution in [0.5, 0.6) is 0 Å². The number of rotatable bonds is 6. The van der Waals surface area contributed by atoms with E-state index < -0.39 is 0 Å². The summed E-state index contributed by atoms with van der Waals surface area (Å²) in [6.07, 6.45) is 5.59. The monoisotopic (exact) mass is 276 g/mol. The molecule has 0 spiro atoms. The summed E-state index contributed by atoms with van der Waals surface area (Å²) in [5.74, 6) is 1.60. The maximum atomic E-state index is 5.79. The lowest BCUT2D eigenvalue weighted by Gasteiger charge is -2.30. The lowest BCUT2D eigenvalue weighted by Crippen LogP contribution is -2.27. The van der Waals surface area contributed by atoms with Crippen LogP contribution in [0.3, 0.4) is 0 Å². The molecular formula is C13H25BrO. The Morgan fingerprint density at radius 2 is 2.00 bits per heavy atom. The molecule has 0 heterocycles. The van der Waals surface area contributed by atoms with E-state index in [0.29, 0.717) is 11.3 Å². The Kier molecular flexibility index (Phi) is 5.62. The molecule has 1 saturated carbocycles. The second-order valence-electron chi connectivity index (χ2n) is 5.88.